The maximum Gasteiger partial charge on any atom is 0.334 e. The van der Waals surface area contributed by atoms with Crippen molar-refractivity contribution < 1.29 is 19.1 Å². The highest BCUT2D eigenvalue weighted by Gasteiger charge is 2.51. The number of carbonyl (C=O) groups excluding carboxylic acids is 3. The summed E-state index contributed by atoms with van der Waals surface area (Å²) in [6, 6.07) is 3.49. The van der Waals surface area contributed by atoms with Gasteiger partial charge in [-0.1, -0.05) is 36.0 Å². The Kier molecular flexibility index (Phi) is 4.83. The van der Waals surface area contributed by atoms with Gasteiger partial charge in [0.25, 0.3) is 0 Å². The predicted molar refractivity (Wildman–Crippen MR) is 88.9 cm³/mol. The first kappa shape index (κ1) is 17.2. The molecule has 2 fully saturated rings. The second-order valence-corrected chi connectivity index (χ2v) is 7.06. The normalized spacial score (nSPS) is 24.7. The molecule has 0 radical (unpaired) electrons. The van der Waals surface area contributed by atoms with Crippen LogP contribution in [0.15, 0.2) is 18.2 Å². The van der Waals surface area contributed by atoms with Crippen LogP contribution in [-0.2, 0) is 14.4 Å². The molecule has 2 aliphatic rings. The first-order valence-electron chi connectivity index (χ1n) is 7.94. The average Bonchev–Trinajstić information content (AvgIpc) is 2.81. The number of benzene rings is 1. The number of likely N-dealkylation sites (tertiary alicyclic amines) is 1. The van der Waals surface area contributed by atoms with Gasteiger partial charge in [0.1, 0.15) is 11.8 Å². The summed E-state index contributed by atoms with van der Waals surface area (Å²) in [5.41, 5.74) is 0. The SMILES string of the molecule is CC(C(=O)Oc1ccc(Cl)cc1Cl)N1C(=O)C2CCCCC2C1=O. The number of imide groups is 1. The fraction of sp³-hybridized carbons (Fsp3) is 0.471. The van der Waals surface area contributed by atoms with Crippen molar-refractivity contribution >= 4 is 41.0 Å². The van der Waals surface area contributed by atoms with Crippen molar-refractivity contribution in [3.05, 3.63) is 28.2 Å². The van der Waals surface area contributed by atoms with Crippen molar-refractivity contribution in [1.82, 2.24) is 4.90 Å². The van der Waals surface area contributed by atoms with Crippen LogP contribution in [0.1, 0.15) is 32.6 Å². The van der Waals surface area contributed by atoms with Gasteiger partial charge in [0, 0.05) is 5.02 Å². The van der Waals surface area contributed by atoms with E-state index in [-0.39, 0.29) is 34.4 Å². The Hall–Kier alpha value is -1.59. The maximum atomic E-state index is 12.5. The fourth-order valence-corrected chi connectivity index (χ4v) is 3.87. The lowest BCUT2D eigenvalue weighted by atomic mass is 9.81. The van der Waals surface area contributed by atoms with Crippen LogP contribution in [0.2, 0.25) is 10.0 Å². The van der Waals surface area contributed by atoms with Gasteiger partial charge in [-0.3, -0.25) is 14.5 Å². The van der Waals surface area contributed by atoms with Crippen molar-refractivity contribution in [1.29, 1.82) is 0 Å². The quantitative estimate of drug-likeness (QED) is 0.464. The van der Waals surface area contributed by atoms with Crippen LogP contribution in [0.3, 0.4) is 0 Å². The molecule has 3 rings (SSSR count). The molecule has 1 aromatic carbocycles. The zero-order valence-corrected chi connectivity index (χ0v) is 14.6. The molecule has 1 saturated carbocycles. The summed E-state index contributed by atoms with van der Waals surface area (Å²) in [5.74, 6) is -1.66. The highest BCUT2D eigenvalue weighted by Crippen LogP contribution is 2.39. The lowest BCUT2D eigenvalue weighted by Crippen LogP contribution is -2.45. The van der Waals surface area contributed by atoms with E-state index in [0.717, 1.165) is 17.7 Å². The topological polar surface area (TPSA) is 63.7 Å². The molecular weight excluding hydrogens is 353 g/mol. The molecule has 0 bridgehead atoms. The molecule has 3 atom stereocenters. The highest BCUT2D eigenvalue weighted by atomic mass is 35.5. The number of hydrogen-bond acceptors (Lipinski definition) is 4. The molecule has 24 heavy (non-hydrogen) atoms. The molecule has 0 N–H and O–H groups in total. The van der Waals surface area contributed by atoms with Gasteiger partial charge in [0.2, 0.25) is 11.8 Å². The Morgan fingerprint density at radius 1 is 1.17 bits per heavy atom. The van der Waals surface area contributed by atoms with E-state index in [9.17, 15) is 14.4 Å². The zero-order valence-electron chi connectivity index (χ0n) is 13.1. The van der Waals surface area contributed by atoms with E-state index in [4.69, 9.17) is 27.9 Å². The molecule has 128 valence electrons. The number of fused-ring (bicyclic) bond motifs is 1. The van der Waals surface area contributed by atoms with E-state index in [0.29, 0.717) is 17.9 Å². The molecule has 1 aliphatic carbocycles. The standard InChI is InChI=1S/C17H17Cl2NO4/c1-9(17(23)24-14-7-6-10(18)8-13(14)19)20-15(21)11-4-2-3-5-12(11)16(20)22/h6-9,11-12H,2-5H2,1H3. The van der Waals surface area contributed by atoms with Crippen molar-refractivity contribution in [2.75, 3.05) is 0 Å². The van der Waals surface area contributed by atoms with Gasteiger partial charge in [-0.25, -0.2) is 4.79 Å². The Morgan fingerprint density at radius 2 is 1.75 bits per heavy atom. The summed E-state index contributed by atoms with van der Waals surface area (Å²) in [6.45, 7) is 1.50. The zero-order chi connectivity index (χ0) is 17.4. The number of amides is 2. The monoisotopic (exact) mass is 369 g/mol. The number of esters is 1. The number of hydrogen-bond donors (Lipinski definition) is 0. The highest BCUT2D eigenvalue weighted by molar-refractivity contribution is 6.35. The van der Waals surface area contributed by atoms with Gasteiger partial charge in [-0.2, -0.15) is 0 Å². The van der Waals surface area contributed by atoms with E-state index in [1.54, 1.807) is 6.07 Å². The molecule has 7 heteroatoms. The second-order valence-electron chi connectivity index (χ2n) is 6.22. The molecule has 1 aliphatic heterocycles. The Bertz CT molecular complexity index is 682. The predicted octanol–water partition coefficient (Wildman–Crippen LogP) is 3.46. The van der Waals surface area contributed by atoms with E-state index >= 15 is 0 Å². The molecule has 2 amide bonds. The number of nitrogens with zero attached hydrogens (tertiary/aromatic N) is 1. The number of halogens is 2. The van der Waals surface area contributed by atoms with Gasteiger partial charge < -0.3 is 4.74 Å². The van der Waals surface area contributed by atoms with Gasteiger partial charge >= 0.3 is 5.97 Å². The number of rotatable bonds is 3. The third kappa shape index (κ3) is 3.03. The lowest BCUT2D eigenvalue weighted by Gasteiger charge is -2.21. The van der Waals surface area contributed by atoms with E-state index < -0.39 is 12.0 Å². The first-order chi connectivity index (χ1) is 11.4. The van der Waals surface area contributed by atoms with Crippen LogP contribution < -0.4 is 4.74 Å². The Morgan fingerprint density at radius 3 is 2.29 bits per heavy atom. The van der Waals surface area contributed by atoms with Crippen LogP contribution in [0.25, 0.3) is 0 Å². The average molecular weight is 370 g/mol. The van der Waals surface area contributed by atoms with E-state index in [2.05, 4.69) is 0 Å². The summed E-state index contributed by atoms with van der Waals surface area (Å²) < 4.78 is 5.25. The van der Waals surface area contributed by atoms with Crippen LogP contribution in [0.5, 0.6) is 5.75 Å². The van der Waals surface area contributed by atoms with Crippen LogP contribution in [-0.4, -0.2) is 28.7 Å². The molecule has 1 aromatic rings. The van der Waals surface area contributed by atoms with Crippen molar-refractivity contribution in [2.45, 2.75) is 38.6 Å². The minimum absolute atomic E-state index is 0.148. The molecule has 3 unspecified atom stereocenters. The fourth-order valence-electron chi connectivity index (χ4n) is 3.43. The largest absolute Gasteiger partial charge is 0.423 e. The lowest BCUT2D eigenvalue weighted by molar-refractivity contribution is -0.152. The van der Waals surface area contributed by atoms with Crippen molar-refractivity contribution in [3.63, 3.8) is 0 Å². The smallest absolute Gasteiger partial charge is 0.334 e. The van der Waals surface area contributed by atoms with Gasteiger partial charge in [0.15, 0.2) is 0 Å². The molecule has 1 heterocycles. The first-order valence-corrected chi connectivity index (χ1v) is 8.69. The maximum absolute atomic E-state index is 12.5. The van der Waals surface area contributed by atoms with E-state index in [1.165, 1.54) is 19.1 Å². The molecule has 5 nitrogen and oxygen atoms in total. The Labute approximate surface area is 149 Å². The summed E-state index contributed by atoms with van der Waals surface area (Å²) in [7, 11) is 0. The van der Waals surface area contributed by atoms with Crippen LogP contribution >= 0.6 is 23.2 Å². The number of carbonyl (C=O) groups is 3. The molecule has 0 spiro atoms. The second kappa shape index (κ2) is 6.73. The van der Waals surface area contributed by atoms with Crippen LogP contribution in [0.4, 0.5) is 0 Å². The minimum atomic E-state index is -0.984. The summed E-state index contributed by atoms with van der Waals surface area (Å²) in [6.07, 6.45) is 3.29. The van der Waals surface area contributed by atoms with Gasteiger partial charge in [0.05, 0.1) is 16.9 Å². The third-order valence-corrected chi connectivity index (χ3v) is 5.24. The molecular formula is C17H17Cl2NO4. The van der Waals surface area contributed by atoms with E-state index in [1.807, 2.05) is 0 Å². The summed E-state index contributed by atoms with van der Waals surface area (Å²) in [5, 5.41) is 0.609. The summed E-state index contributed by atoms with van der Waals surface area (Å²) >= 11 is 11.8. The molecule has 0 aromatic heterocycles. The Balaban J connectivity index is 1.75. The number of ether oxygens (including phenoxy) is 1. The van der Waals surface area contributed by atoms with Gasteiger partial charge in [-0.15, -0.1) is 0 Å². The molecule has 1 saturated heterocycles. The van der Waals surface area contributed by atoms with Crippen LogP contribution in [0, 0.1) is 11.8 Å². The van der Waals surface area contributed by atoms with Crippen molar-refractivity contribution in [2.24, 2.45) is 11.8 Å². The third-order valence-electron chi connectivity index (χ3n) is 4.71. The summed E-state index contributed by atoms with van der Waals surface area (Å²) in [4.78, 5) is 38.5. The minimum Gasteiger partial charge on any atom is -0.423 e. The van der Waals surface area contributed by atoms with Crippen molar-refractivity contribution in [3.8, 4) is 5.75 Å². The van der Waals surface area contributed by atoms with Gasteiger partial charge in [-0.05, 0) is 38.0 Å².